The fraction of sp³-hybridized carbons (Fsp3) is 0.267. The lowest BCUT2D eigenvalue weighted by Gasteiger charge is -2.28. The van der Waals surface area contributed by atoms with Crippen LogP contribution >= 0.6 is 0 Å². The number of benzene rings is 1. The van der Waals surface area contributed by atoms with Crippen molar-refractivity contribution in [3.05, 3.63) is 54.9 Å². The van der Waals surface area contributed by atoms with Crippen LogP contribution in [0.15, 0.2) is 49.3 Å². The van der Waals surface area contributed by atoms with Crippen molar-refractivity contribution in [1.29, 1.82) is 0 Å². The second-order valence-electron chi connectivity index (χ2n) is 4.52. The lowest BCUT2D eigenvalue weighted by Crippen LogP contribution is -2.21. The number of nitrogens with zero attached hydrogens (tertiary/aromatic N) is 2. The van der Waals surface area contributed by atoms with E-state index in [-0.39, 0.29) is 6.04 Å². The molecule has 3 rings (SSSR count). The molecule has 1 aliphatic rings. The normalized spacial score (nSPS) is 17.4. The first kappa shape index (κ1) is 11.8. The van der Waals surface area contributed by atoms with Crippen LogP contribution < -0.4 is 10.1 Å². The van der Waals surface area contributed by atoms with Crippen LogP contribution in [0.5, 0.6) is 5.75 Å². The van der Waals surface area contributed by atoms with E-state index in [2.05, 4.69) is 27.5 Å². The molecule has 1 aromatic carbocycles. The summed E-state index contributed by atoms with van der Waals surface area (Å²) in [6.07, 6.45) is 6.62. The molecule has 0 spiro atoms. The largest absolute Gasteiger partial charge is 0.493 e. The number of aromatic nitrogens is 2. The highest BCUT2D eigenvalue weighted by atomic mass is 16.5. The fourth-order valence-corrected chi connectivity index (χ4v) is 2.48. The van der Waals surface area contributed by atoms with Crippen molar-refractivity contribution in [2.75, 3.05) is 18.5 Å². The fourth-order valence-electron chi connectivity index (χ4n) is 2.48. The van der Waals surface area contributed by atoms with Gasteiger partial charge >= 0.3 is 0 Å². The minimum absolute atomic E-state index is 0.278. The average molecular weight is 255 g/mol. The van der Waals surface area contributed by atoms with Gasteiger partial charge in [-0.3, -0.25) is 0 Å². The van der Waals surface area contributed by atoms with E-state index in [0.29, 0.717) is 6.54 Å². The van der Waals surface area contributed by atoms with Gasteiger partial charge in [-0.25, -0.2) is 4.98 Å². The van der Waals surface area contributed by atoms with Gasteiger partial charge in [-0.1, -0.05) is 24.3 Å². The van der Waals surface area contributed by atoms with Crippen molar-refractivity contribution in [2.45, 2.75) is 12.5 Å². The Morgan fingerprint density at radius 1 is 1.47 bits per heavy atom. The smallest absolute Gasteiger partial charge is 0.203 e. The number of nitrogens with one attached hydrogen (secondary N) is 1. The van der Waals surface area contributed by atoms with Crippen LogP contribution in [-0.2, 0) is 0 Å². The molecule has 0 saturated carbocycles. The average Bonchev–Trinajstić information content (AvgIpc) is 2.92. The third-order valence-electron chi connectivity index (χ3n) is 3.34. The van der Waals surface area contributed by atoms with Crippen molar-refractivity contribution in [2.24, 2.45) is 0 Å². The van der Waals surface area contributed by atoms with E-state index in [9.17, 15) is 0 Å². The highest BCUT2D eigenvalue weighted by Crippen LogP contribution is 2.35. The summed E-state index contributed by atoms with van der Waals surface area (Å²) in [5.74, 6) is 1.85. The van der Waals surface area contributed by atoms with Crippen LogP contribution in [0, 0.1) is 0 Å². The van der Waals surface area contributed by atoms with E-state index in [4.69, 9.17) is 4.74 Å². The molecule has 1 aromatic heterocycles. The van der Waals surface area contributed by atoms with E-state index in [1.807, 2.05) is 36.7 Å². The van der Waals surface area contributed by atoms with Crippen molar-refractivity contribution in [1.82, 2.24) is 9.55 Å². The zero-order chi connectivity index (χ0) is 13.1. The number of hydrogen-bond donors (Lipinski definition) is 1. The Morgan fingerprint density at radius 3 is 3.26 bits per heavy atom. The van der Waals surface area contributed by atoms with Gasteiger partial charge in [-0.15, -0.1) is 6.58 Å². The molecule has 4 nitrogen and oxygen atoms in total. The number of ether oxygens (including phenoxy) is 1. The number of rotatable bonds is 4. The van der Waals surface area contributed by atoms with Crippen LogP contribution in [-0.4, -0.2) is 22.7 Å². The Labute approximate surface area is 112 Å². The molecule has 98 valence electrons. The lowest BCUT2D eigenvalue weighted by atomic mass is 10.0. The molecule has 1 aliphatic heterocycles. The summed E-state index contributed by atoms with van der Waals surface area (Å²) in [5.41, 5.74) is 1.22. The van der Waals surface area contributed by atoms with Crippen molar-refractivity contribution in [3.63, 3.8) is 0 Å². The molecule has 2 heterocycles. The zero-order valence-corrected chi connectivity index (χ0v) is 10.7. The van der Waals surface area contributed by atoms with E-state index in [0.717, 1.165) is 24.7 Å². The van der Waals surface area contributed by atoms with Gasteiger partial charge in [0, 0.05) is 30.9 Å². The van der Waals surface area contributed by atoms with Crippen LogP contribution in [0.2, 0.25) is 0 Å². The second-order valence-corrected chi connectivity index (χ2v) is 4.52. The molecule has 0 fully saturated rings. The maximum atomic E-state index is 5.70. The molecule has 1 atom stereocenters. The minimum Gasteiger partial charge on any atom is -0.493 e. The predicted octanol–water partition coefficient (Wildman–Crippen LogP) is 2.85. The van der Waals surface area contributed by atoms with Gasteiger partial charge in [0.25, 0.3) is 0 Å². The first-order valence-electron chi connectivity index (χ1n) is 6.49. The highest BCUT2D eigenvalue weighted by molar-refractivity contribution is 5.40. The molecule has 0 saturated heterocycles. The molecule has 1 N–H and O–H groups in total. The van der Waals surface area contributed by atoms with Crippen LogP contribution in [0.4, 0.5) is 5.95 Å². The monoisotopic (exact) mass is 255 g/mol. The lowest BCUT2D eigenvalue weighted by molar-refractivity contribution is 0.257. The Balaban J connectivity index is 1.95. The van der Waals surface area contributed by atoms with Crippen LogP contribution in [0.25, 0.3) is 0 Å². The number of fused-ring (bicyclic) bond motifs is 1. The van der Waals surface area contributed by atoms with E-state index >= 15 is 0 Å². The van der Waals surface area contributed by atoms with Gasteiger partial charge in [0.2, 0.25) is 5.95 Å². The summed E-state index contributed by atoms with van der Waals surface area (Å²) in [5, 5.41) is 3.26. The Bertz CT molecular complexity index is 576. The third-order valence-corrected chi connectivity index (χ3v) is 3.34. The molecule has 2 aromatic rings. The summed E-state index contributed by atoms with van der Waals surface area (Å²) in [4.78, 5) is 4.37. The predicted molar refractivity (Wildman–Crippen MR) is 75.6 cm³/mol. The Kier molecular flexibility index (Phi) is 3.23. The SMILES string of the molecule is C=CCNc1nccn1C1CCOc2ccccc21. The van der Waals surface area contributed by atoms with Gasteiger partial charge < -0.3 is 14.6 Å². The highest BCUT2D eigenvalue weighted by Gasteiger charge is 2.23. The topological polar surface area (TPSA) is 39.1 Å². The number of hydrogen-bond acceptors (Lipinski definition) is 3. The molecule has 0 amide bonds. The third kappa shape index (κ3) is 2.21. The van der Waals surface area contributed by atoms with Gasteiger partial charge in [0.05, 0.1) is 12.6 Å². The molecule has 4 heteroatoms. The molecule has 0 radical (unpaired) electrons. The number of imidazole rings is 1. The maximum Gasteiger partial charge on any atom is 0.203 e. The molecule has 1 unspecified atom stereocenters. The van der Waals surface area contributed by atoms with Crippen molar-refractivity contribution in [3.8, 4) is 5.75 Å². The summed E-state index contributed by atoms with van der Waals surface area (Å²) >= 11 is 0. The molecular formula is C15H17N3O. The summed E-state index contributed by atoms with van der Waals surface area (Å²) in [6.45, 7) is 5.17. The standard InChI is InChI=1S/C15H17N3O/c1-2-8-16-15-17-9-10-18(15)13-7-11-19-14-6-4-3-5-12(13)14/h2-6,9-10,13H,1,7-8,11H2,(H,16,17). The molecule has 0 bridgehead atoms. The molecule has 0 aliphatic carbocycles. The van der Waals surface area contributed by atoms with Crippen LogP contribution in [0.3, 0.4) is 0 Å². The van der Waals surface area contributed by atoms with Gasteiger partial charge in [0.15, 0.2) is 0 Å². The maximum absolute atomic E-state index is 5.70. The Hall–Kier alpha value is -2.23. The van der Waals surface area contributed by atoms with Crippen molar-refractivity contribution < 1.29 is 4.74 Å². The quantitative estimate of drug-likeness (QED) is 0.854. The van der Waals surface area contributed by atoms with Crippen LogP contribution in [0.1, 0.15) is 18.0 Å². The van der Waals surface area contributed by atoms with Gasteiger partial charge in [-0.05, 0) is 6.07 Å². The second kappa shape index (κ2) is 5.18. The Morgan fingerprint density at radius 2 is 2.37 bits per heavy atom. The summed E-state index contributed by atoms with van der Waals surface area (Å²) in [6, 6.07) is 8.48. The first-order chi connectivity index (χ1) is 9.40. The zero-order valence-electron chi connectivity index (χ0n) is 10.7. The summed E-state index contributed by atoms with van der Waals surface area (Å²) in [7, 11) is 0. The van der Waals surface area contributed by atoms with E-state index < -0.39 is 0 Å². The number of anilines is 1. The van der Waals surface area contributed by atoms with E-state index in [1.54, 1.807) is 0 Å². The molecular weight excluding hydrogens is 238 g/mol. The molecule has 19 heavy (non-hydrogen) atoms. The minimum atomic E-state index is 0.278. The summed E-state index contributed by atoms with van der Waals surface area (Å²) < 4.78 is 7.87. The first-order valence-corrected chi connectivity index (χ1v) is 6.49. The van der Waals surface area contributed by atoms with E-state index in [1.165, 1.54) is 5.56 Å². The number of para-hydroxylation sites is 1. The van der Waals surface area contributed by atoms with Gasteiger partial charge in [-0.2, -0.15) is 0 Å². The van der Waals surface area contributed by atoms with Crippen molar-refractivity contribution >= 4 is 5.95 Å². The van der Waals surface area contributed by atoms with Gasteiger partial charge in [0.1, 0.15) is 5.75 Å².